The van der Waals surface area contributed by atoms with Crippen LogP contribution in [0.3, 0.4) is 0 Å². The summed E-state index contributed by atoms with van der Waals surface area (Å²) >= 11 is 0. The molecule has 9 heavy (non-hydrogen) atoms. The number of hydrogen-bond donors (Lipinski definition) is 0. The molecule has 0 aliphatic heterocycles. The number of rotatable bonds is 2. The second-order valence-corrected chi connectivity index (χ2v) is 3.07. The first kappa shape index (κ1) is 6.85. The lowest BCUT2D eigenvalue weighted by molar-refractivity contribution is 0.196. The Hall–Kier alpha value is -0.260. The first-order valence-electron chi connectivity index (χ1n) is 3.97. The summed E-state index contributed by atoms with van der Waals surface area (Å²) in [5.41, 5.74) is 0.634. The van der Waals surface area contributed by atoms with Crippen LogP contribution in [-0.2, 0) is 0 Å². The van der Waals surface area contributed by atoms with Gasteiger partial charge in [-0.2, -0.15) is 0 Å². The van der Waals surface area contributed by atoms with Gasteiger partial charge in [-0.15, -0.1) is 0 Å². The van der Waals surface area contributed by atoms with Crippen LogP contribution in [0, 0.1) is 5.41 Å². The minimum absolute atomic E-state index is 0.634. The SMILES string of the molecule is C/C=C/C1(CC)CCC1. The maximum Gasteiger partial charge on any atom is -0.0121 e. The van der Waals surface area contributed by atoms with Gasteiger partial charge in [0, 0.05) is 0 Å². The van der Waals surface area contributed by atoms with Gasteiger partial charge in [-0.25, -0.2) is 0 Å². The molecule has 0 spiro atoms. The van der Waals surface area contributed by atoms with Crippen LogP contribution in [0.4, 0.5) is 0 Å². The van der Waals surface area contributed by atoms with Crippen molar-refractivity contribution < 1.29 is 0 Å². The van der Waals surface area contributed by atoms with Gasteiger partial charge in [-0.3, -0.25) is 0 Å². The van der Waals surface area contributed by atoms with Crippen LogP contribution in [-0.4, -0.2) is 0 Å². The molecule has 1 aliphatic rings. The predicted octanol–water partition coefficient (Wildman–Crippen LogP) is 3.14. The maximum absolute atomic E-state index is 2.39. The quantitative estimate of drug-likeness (QED) is 0.496. The molecule has 1 fully saturated rings. The molecule has 0 aromatic heterocycles. The summed E-state index contributed by atoms with van der Waals surface area (Å²) in [7, 11) is 0. The van der Waals surface area contributed by atoms with Crippen molar-refractivity contribution in [2.24, 2.45) is 5.41 Å². The molecule has 0 N–H and O–H groups in total. The van der Waals surface area contributed by atoms with Gasteiger partial charge in [-0.1, -0.05) is 25.5 Å². The second-order valence-electron chi connectivity index (χ2n) is 3.07. The zero-order valence-corrected chi connectivity index (χ0v) is 6.48. The van der Waals surface area contributed by atoms with Crippen LogP contribution in [0.2, 0.25) is 0 Å². The Morgan fingerprint density at radius 1 is 1.44 bits per heavy atom. The van der Waals surface area contributed by atoms with E-state index in [2.05, 4.69) is 26.0 Å². The molecule has 0 atom stereocenters. The Balaban J connectivity index is 2.46. The van der Waals surface area contributed by atoms with E-state index in [-0.39, 0.29) is 0 Å². The molecule has 1 saturated carbocycles. The maximum atomic E-state index is 2.39. The summed E-state index contributed by atoms with van der Waals surface area (Å²) in [5.74, 6) is 0. The summed E-state index contributed by atoms with van der Waals surface area (Å²) in [6.45, 7) is 4.41. The van der Waals surface area contributed by atoms with E-state index in [0.29, 0.717) is 5.41 Å². The highest BCUT2D eigenvalue weighted by Gasteiger charge is 2.31. The molecule has 0 radical (unpaired) electrons. The first-order valence-corrected chi connectivity index (χ1v) is 3.97. The fraction of sp³-hybridized carbons (Fsp3) is 0.778. The largest absolute Gasteiger partial charge is 0.0911 e. The summed E-state index contributed by atoms with van der Waals surface area (Å²) in [6.07, 6.45) is 10.2. The lowest BCUT2D eigenvalue weighted by atomic mass is 9.67. The fourth-order valence-electron chi connectivity index (χ4n) is 1.62. The Labute approximate surface area is 58.0 Å². The third-order valence-corrected chi connectivity index (χ3v) is 2.57. The molecule has 1 rings (SSSR count). The van der Waals surface area contributed by atoms with Crippen LogP contribution in [0.5, 0.6) is 0 Å². The molecule has 0 saturated heterocycles. The highest BCUT2D eigenvalue weighted by molar-refractivity contribution is 5.02. The zero-order valence-electron chi connectivity index (χ0n) is 6.48. The summed E-state index contributed by atoms with van der Waals surface area (Å²) in [4.78, 5) is 0. The highest BCUT2D eigenvalue weighted by Crippen LogP contribution is 2.44. The van der Waals surface area contributed by atoms with Crippen molar-refractivity contribution >= 4 is 0 Å². The lowest BCUT2D eigenvalue weighted by Gasteiger charge is -2.38. The third-order valence-electron chi connectivity index (χ3n) is 2.57. The van der Waals surface area contributed by atoms with Crippen molar-refractivity contribution in [3.05, 3.63) is 12.2 Å². The topological polar surface area (TPSA) is 0 Å². The van der Waals surface area contributed by atoms with Crippen molar-refractivity contribution in [1.82, 2.24) is 0 Å². The average Bonchev–Trinajstić information content (AvgIpc) is 1.79. The zero-order chi connectivity index (χ0) is 6.74. The molecule has 0 amide bonds. The van der Waals surface area contributed by atoms with Gasteiger partial charge in [0.2, 0.25) is 0 Å². The third kappa shape index (κ3) is 1.17. The fourth-order valence-corrected chi connectivity index (χ4v) is 1.62. The van der Waals surface area contributed by atoms with E-state index in [0.717, 1.165) is 0 Å². The molecule has 0 nitrogen and oxygen atoms in total. The van der Waals surface area contributed by atoms with Crippen LogP contribution >= 0.6 is 0 Å². The van der Waals surface area contributed by atoms with Gasteiger partial charge in [0.05, 0.1) is 0 Å². The molecule has 0 heteroatoms. The molecule has 0 aromatic carbocycles. The first-order chi connectivity index (χ1) is 4.33. The van der Waals surface area contributed by atoms with Gasteiger partial charge in [-0.05, 0) is 31.6 Å². The summed E-state index contributed by atoms with van der Waals surface area (Å²) in [6, 6.07) is 0. The molecule has 0 aromatic rings. The smallest absolute Gasteiger partial charge is 0.0121 e. The molecule has 0 bridgehead atoms. The standard InChI is InChI=1S/C9H16/c1-3-6-9(4-2)7-5-8-9/h3,6H,4-5,7-8H2,1-2H3/b6-3+. The lowest BCUT2D eigenvalue weighted by Crippen LogP contribution is -2.25. The highest BCUT2D eigenvalue weighted by atomic mass is 14.4. The molecule has 0 unspecified atom stereocenters. The van der Waals surface area contributed by atoms with E-state index >= 15 is 0 Å². The Bertz CT molecular complexity index is 102. The Morgan fingerprint density at radius 2 is 2.11 bits per heavy atom. The van der Waals surface area contributed by atoms with Crippen molar-refractivity contribution in [2.75, 3.05) is 0 Å². The van der Waals surface area contributed by atoms with Crippen molar-refractivity contribution in [3.8, 4) is 0 Å². The van der Waals surface area contributed by atoms with E-state index in [9.17, 15) is 0 Å². The van der Waals surface area contributed by atoms with Crippen molar-refractivity contribution in [3.63, 3.8) is 0 Å². The van der Waals surface area contributed by atoms with E-state index < -0.39 is 0 Å². The van der Waals surface area contributed by atoms with E-state index in [4.69, 9.17) is 0 Å². The van der Waals surface area contributed by atoms with Gasteiger partial charge in [0.15, 0.2) is 0 Å². The minimum atomic E-state index is 0.634. The number of hydrogen-bond acceptors (Lipinski definition) is 0. The summed E-state index contributed by atoms with van der Waals surface area (Å²) in [5, 5.41) is 0. The van der Waals surface area contributed by atoms with E-state index in [1.54, 1.807) is 0 Å². The molecular weight excluding hydrogens is 108 g/mol. The monoisotopic (exact) mass is 124 g/mol. The second kappa shape index (κ2) is 2.55. The Morgan fingerprint density at radius 3 is 2.22 bits per heavy atom. The van der Waals surface area contributed by atoms with E-state index in [1.165, 1.54) is 25.7 Å². The average molecular weight is 124 g/mol. The summed E-state index contributed by atoms with van der Waals surface area (Å²) < 4.78 is 0. The molecule has 0 heterocycles. The van der Waals surface area contributed by atoms with Gasteiger partial charge < -0.3 is 0 Å². The molecular formula is C9H16. The molecule has 52 valence electrons. The minimum Gasteiger partial charge on any atom is -0.0911 e. The normalized spacial score (nSPS) is 24.2. The Kier molecular flexibility index (Phi) is 1.94. The number of allylic oxidation sites excluding steroid dienone is 2. The van der Waals surface area contributed by atoms with Crippen LogP contribution in [0.25, 0.3) is 0 Å². The van der Waals surface area contributed by atoms with Crippen LogP contribution < -0.4 is 0 Å². The van der Waals surface area contributed by atoms with Gasteiger partial charge in [0.1, 0.15) is 0 Å². The van der Waals surface area contributed by atoms with Crippen LogP contribution in [0.15, 0.2) is 12.2 Å². The van der Waals surface area contributed by atoms with Gasteiger partial charge in [0.25, 0.3) is 0 Å². The van der Waals surface area contributed by atoms with E-state index in [1.807, 2.05) is 0 Å². The van der Waals surface area contributed by atoms with Crippen molar-refractivity contribution in [2.45, 2.75) is 39.5 Å². The molecule has 1 aliphatic carbocycles. The predicted molar refractivity (Wildman–Crippen MR) is 41.4 cm³/mol. The van der Waals surface area contributed by atoms with Gasteiger partial charge >= 0.3 is 0 Å². The van der Waals surface area contributed by atoms with Crippen molar-refractivity contribution in [1.29, 1.82) is 0 Å². The van der Waals surface area contributed by atoms with Crippen LogP contribution in [0.1, 0.15) is 39.5 Å².